The smallest absolute Gasteiger partial charge is 0.362 e. The standard InChI is InChI=1S/C40H70N2O4.C30H50O2.C5H11NO2.2CH4/c1-27(2)28-16-21-40(26-45-33(43)24-41(8,9)10)23-22-38(6)29(35(28)40)14-15-31-37(5)19-18-32(46-34(44)25-42(11,12)13)36(3,4)30(37)17-20-39(31,38)7;1-19(2)20-10-15-30(18-31)17-16-28(6)21(25(20)30)8-9-23-27(5)13-12-24(32)26(3,4)22(27)11-14-29(23,28)7;1-6(2,3)4-5(7)8;;/h28-32,35H,1,14-26H2,2-13H3;20-25,31-32H,1,8-18H2,2-7H3;4H2,1-3H3;2*1H4/q+2;;;;/p+1/t28-,29?,30?,31?,32-,35?,37-,38+,39+,40+;20-,21?,22?,23?,24-,25?,27-,28+,29+,30+;;;/m00.../s1. The molecule has 11 heteroatoms. The predicted octanol–water partition coefficient (Wildman–Crippen LogP) is 15.6. The second-order valence-electron chi connectivity index (χ2n) is 37.9. The highest BCUT2D eigenvalue weighted by Crippen LogP contribution is 2.80. The first-order chi connectivity index (χ1) is 39.3. The summed E-state index contributed by atoms with van der Waals surface area (Å²) in [4.78, 5) is 36.0. The third-order valence-electron chi connectivity index (χ3n) is 29.3. The lowest BCUT2D eigenvalue weighted by molar-refractivity contribution is -0.862. The summed E-state index contributed by atoms with van der Waals surface area (Å²) in [7, 11) is 17.9. The lowest BCUT2D eigenvalue weighted by Crippen LogP contribution is -2.67. The molecule has 0 aliphatic heterocycles. The SMILES string of the molecule is C.C.C=C(C)[C@@H]1CC[C@]2(CO)CC[C@]3(C)C(CCC4[C@@]5(C)CC[C@H](O)C(C)(C)C5CC[C@]43C)C12.C=C(C)[C@@H]1CC[C@]2(COC(=O)C[N+](C)(C)C)CC[C@]3(C)C(CCC4[C@@]5(C)CC[C@H](OC(=O)C[N+](C)(C)C)C(C)(C)C5CC[C@]43C)C12.C[N+](C)(C)CC(=O)O. The average molecular weight is 1240 g/mol. The number of nitrogens with zero attached hydrogens (tertiary/aromatic N) is 3. The van der Waals surface area contributed by atoms with Crippen LogP contribution in [-0.4, -0.2) is 155 Å². The van der Waals surface area contributed by atoms with E-state index in [1.807, 2.05) is 21.1 Å². The number of rotatable bonds is 12. The van der Waals surface area contributed by atoms with Crippen molar-refractivity contribution < 1.29 is 52.6 Å². The van der Waals surface area contributed by atoms with Gasteiger partial charge in [-0.15, -0.1) is 0 Å². The van der Waals surface area contributed by atoms with Gasteiger partial charge in [0.05, 0.1) is 76.1 Å². The van der Waals surface area contributed by atoms with Gasteiger partial charge in [-0.25, -0.2) is 14.4 Å². The van der Waals surface area contributed by atoms with E-state index < -0.39 is 5.97 Å². The Morgan fingerprint density at radius 3 is 1.30 bits per heavy atom. The molecule has 10 fully saturated rings. The van der Waals surface area contributed by atoms with Crippen LogP contribution in [0.2, 0.25) is 0 Å². The molecule has 10 aliphatic rings. The van der Waals surface area contributed by atoms with Crippen molar-refractivity contribution in [3.63, 3.8) is 0 Å². The van der Waals surface area contributed by atoms with Gasteiger partial charge in [0, 0.05) is 17.4 Å². The topological polar surface area (TPSA) is 130 Å². The van der Waals surface area contributed by atoms with Gasteiger partial charge in [0.1, 0.15) is 6.10 Å². The molecular formula is C77H140N3O8+3. The number of hydrogen-bond donors (Lipinski definition) is 3. The summed E-state index contributed by atoms with van der Waals surface area (Å²) < 4.78 is 14.2. The maximum Gasteiger partial charge on any atom is 0.362 e. The van der Waals surface area contributed by atoms with E-state index in [0.29, 0.717) is 103 Å². The van der Waals surface area contributed by atoms with E-state index in [4.69, 9.17) is 14.6 Å². The molecule has 10 aliphatic carbocycles. The first kappa shape index (κ1) is 74.7. The number of hydrogen-bond acceptors (Lipinski definition) is 7. The zero-order valence-electron chi connectivity index (χ0n) is 59.2. The number of allylic oxidation sites excluding steroid dienone is 2. The van der Waals surface area contributed by atoms with Crippen LogP contribution in [0.25, 0.3) is 0 Å². The molecule has 88 heavy (non-hydrogen) atoms. The number of aliphatic hydroxyl groups excluding tert-OH is 2. The van der Waals surface area contributed by atoms with Crippen molar-refractivity contribution in [2.45, 2.75) is 239 Å². The molecule has 0 bridgehead atoms. The summed E-state index contributed by atoms with van der Waals surface area (Å²) in [6, 6.07) is 0. The highest BCUT2D eigenvalue weighted by Gasteiger charge is 2.73. The molecule has 0 radical (unpaired) electrons. The highest BCUT2D eigenvalue weighted by molar-refractivity contribution is 5.71. The molecule has 0 aromatic rings. The van der Waals surface area contributed by atoms with Crippen molar-refractivity contribution in [2.24, 2.45) is 113 Å². The lowest BCUT2D eigenvalue weighted by Gasteiger charge is -2.73. The minimum atomic E-state index is -0.752. The van der Waals surface area contributed by atoms with Crippen LogP contribution in [0, 0.1) is 113 Å². The molecule has 0 heterocycles. The van der Waals surface area contributed by atoms with E-state index in [-0.39, 0.29) is 83.4 Å². The Balaban J connectivity index is 0.000000255. The van der Waals surface area contributed by atoms with Gasteiger partial charge in [0.15, 0.2) is 19.6 Å². The Morgan fingerprint density at radius 1 is 0.466 bits per heavy atom. The minimum absolute atomic E-state index is 0. The third kappa shape index (κ3) is 12.8. The molecule has 508 valence electrons. The van der Waals surface area contributed by atoms with Crippen LogP contribution in [0.15, 0.2) is 24.3 Å². The van der Waals surface area contributed by atoms with Gasteiger partial charge in [0.2, 0.25) is 0 Å². The Hall–Kier alpha value is -2.31. The van der Waals surface area contributed by atoms with Gasteiger partial charge in [-0.05, 0) is 245 Å². The number of aliphatic carboxylic acids is 1. The van der Waals surface area contributed by atoms with Gasteiger partial charge >= 0.3 is 17.9 Å². The quantitative estimate of drug-likeness (QED) is 0.100. The fourth-order valence-corrected chi connectivity index (χ4v) is 24.9. The number of carboxylic acids is 1. The van der Waals surface area contributed by atoms with Crippen LogP contribution in [0.5, 0.6) is 0 Å². The normalized spacial score (nSPS) is 44.3. The number of carbonyl (C=O) groups is 3. The van der Waals surface area contributed by atoms with Gasteiger partial charge < -0.3 is 38.2 Å². The van der Waals surface area contributed by atoms with Crippen molar-refractivity contribution in [1.29, 1.82) is 0 Å². The zero-order valence-corrected chi connectivity index (χ0v) is 59.2. The fraction of sp³-hybridized carbons (Fsp3) is 0.909. The summed E-state index contributed by atoms with van der Waals surface area (Å²) in [5.41, 5.74) is 4.72. The maximum atomic E-state index is 13.0. The number of carbonyl (C=O) groups excluding carboxylic acids is 2. The second kappa shape index (κ2) is 25.1. The van der Waals surface area contributed by atoms with Crippen LogP contribution in [-0.2, 0) is 23.9 Å². The molecular weight excluding hydrogens is 1090 g/mol. The number of quaternary nitrogens is 3. The molecule has 11 nitrogen and oxygen atoms in total. The summed E-state index contributed by atoms with van der Waals surface area (Å²) in [6.45, 7) is 40.9. The van der Waals surface area contributed by atoms with E-state index in [0.717, 1.165) is 43.9 Å². The molecule has 8 unspecified atom stereocenters. The van der Waals surface area contributed by atoms with Crippen LogP contribution >= 0.6 is 0 Å². The maximum absolute atomic E-state index is 13.0. The van der Waals surface area contributed by atoms with E-state index in [1.165, 1.54) is 107 Å². The number of aliphatic hydroxyl groups is 2. The molecule has 3 N–H and O–H groups in total. The predicted molar refractivity (Wildman–Crippen MR) is 362 cm³/mol. The van der Waals surface area contributed by atoms with Crippen LogP contribution in [0.3, 0.4) is 0 Å². The van der Waals surface area contributed by atoms with Gasteiger partial charge in [-0.2, -0.15) is 0 Å². The third-order valence-corrected chi connectivity index (χ3v) is 29.3. The summed E-state index contributed by atoms with van der Waals surface area (Å²) in [6.07, 6.45) is 24.1. The molecule has 20 atom stereocenters. The Kier molecular flexibility index (Phi) is 21.3. The van der Waals surface area contributed by atoms with E-state index in [9.17, 15) is 24.6 Å². The van der Waals surface area contributed by atoms with Crippen molar-refractivity contribution in [1.82, 2.24) is 0 Å². The Bertz CT molecular complexity index is 2540. The van der Waals surface area contributed by atoms with Crippen molar-refractivity contribution >= 4 is 17.9 Å². The summed E-state index contributed by atoms with van der Waals surface area (Å²) in [5.74, 6) is 5.36. The molecule has 0 aromatic carbocycles. The lowest BCUT2D eigenvalue weighted by atomic mass is 9.32. The number of ether oxygens (including phenoxy) is 2. The van der Waals surface area contributed by atoms with Crippen LogP contribution in [0.1, 0.15) is 226 Å². The first-order valence-corrected chi connectivity index (χ1v) is 34.9. The number of carboxylic acid groups (broad SMARTS) is 1. The monoisotopic (exact) mass is 1240 g/mol. The zero-order chi connectivity index (χ0) is 64.4. The molecule has 0 amide bonds. The Morgan fingerprint density at radius 2 is 0.875 bits per heavy atom. The molecule has 10 saturated carbocycles. The molecule has 10 rings (SSSR count). The summed E-state index contributed by atoms with van der Waals surface area (Å²) in [5, 5.41) is 29.8. The Labute approximate surface area is 540 Å². The van der Waals surface area contributed by atoms with E-state index in [2.05, 4.69) is 139 Å². The van der Waals surface area contributed by atoms with Crippen LogP contribution < -0.4 is 0 Å². The van der Waals surface area contributed by atoms with E-state index in [1.54, 1.807) is 0 Å². The number of fused-ring (bicyclic) bond motifs is 14. The van der Waals surface area contributed by atoms with Crippen molar-refractivity contribution in [2.75, 3.05) is 96.3 Å². The largest absolute Gasteiger partial charge is 0.477 e. The summed E-state index contributed by atoms with van der Waals surface area (Å²) >= 11 is 0. The molecule has 0 saturated heterocycles. The van der Waals surface area contributed by atoms with Crippen molar-refractivity contribution in [3.8, 4) is 0 Å². The van der Waals surface area contributed by atoms with Crippen molar-refractivity contribution in [3.05, 3.63) is 24.3 Å². The van der Waals surface area contributed by atoms with Gasteiger partial charge in [-0.3, -0.25) is 0 Å². The molecule has 0 spiro atoms. The average Bonchev–Trinajstić information content (AvgIpc) is 0.955. The fourth-order valence-electron chi connectivity index (χ4n) is 24.9. The van der Waals surface area contributed by atoms with Crippen LogP contribution in [0.4, 0.5) is 0 Å². The number of likely N-dealkylation sites (N-methyl/N-ethyl adjacent to an activating group) is 3. The second-order valence-corrected chi connectivity index (χ2v) is 37.9. The number of esters is 2. The highest BCUT2D eigenvalue weighted by atomic mass is 16.5. The minimum Gasteiger partial charge on any atom is -0.477 e. The van der Waals surface area contributed by atoms with E-state index >= 15 is 0 Å². The molecule has 0 aromatic heterocycles. The first-order valence-electron chi connectivity index (χ1n) is 34.9. The van der Waals surface area contributed by atoms with Gasteiger partial charge in [-0.1, -0.05) is 108 Å². The van der Waals surface area contributed by atoms with Gasteiger partial charge in [0.25, 0.3) is 0 Å².